The van der Waals surface area contributed by atoms with Crippen molar-refractivity contribution in [2.24, 2.45) is 5.92 Å². The Morgan fingerprint density at radius 3 is 3.12 bits per heavy atom. The number of nitrogens with zero attached hydrogens (tertiary/aromatic N) is 2. The normalized spacial score (nSPS) is 19.8. The quantitative estimate of drug-likeness (QED) is 0.768. The van der Waals surface area contributed by atoms with E-state index in [1.165, 1.54) is 0 Å². The van der Waals surface area contributed by atoms with Crippen molar-refractivity contribution < 1.29 is 9.53 Å². The molecule has 0 aliphatic carbocycles. The van der Waals surface area contributed by atoms with Crippen LogP contribution in [0.5, 0.6) is 5.88 Å². The van der Waals surface area contributed by atoms with Crippen LogP contribution < -0.4 is 4.74 Å². The number of carbonyl (C=O) groups is 1. The third-order valence-electron chi connectivity index (χ3n) is 2.92. The molecule has 2 rings (SSSR count). The topological polar surface area (TPSA) is 42.4 Å². The number of halogens is 1. The van der Waals surface area contributed by atoms with Crippen LogP contribution in [-0.4, -0.2) is 35.3 Å². The van der Waals surface area contributed by atoms with Gasteiger partial charge in [0.2, 0.25) is 11.8 Å². The molecular formula is C12H15ClN2O2. The molecule has 4 nitrogen and oxygen atoms in total. The Morgan fingerprint density at radius 1 is 1.65 bits per heavy atom. The van der Waals surface area contributed by atoms with Crippen molar-refractivity contribution in [2.75, 3.05) is 19.5 Å². The summed E-state index contributed by atoms with van der Waals surface area (Å²) in [4.78, 5) is 17.7. The van der Waals surface area contributed by atoms with E-state index in [2.05, 4.69) is 4.98 Å². The van der Waals surface area contributed by atoms with Gasteiger partial charge in [0.15, 0.2) is 0 Å². The molecule has 17 heavy (non-hydrogen) atoms. The van der Waals surface area contributed by atoms with Crippen LogP contribution in [-0.2, 0) is 11.3 Å². The Bertz CT molecular complexity index is 411. The number of aromatic nitrogens is 1. The number of likely N-dealkylation sites (tertiary alicyclic amines) is 1. The average Bonchev–Trinajstić information content (AvgIpc) is 2.71. The Morgan fingerprint density at radius 2 is 2.47 bits per heavy atom. The van der Waals surface area contributed by atoms with E-state index in [0.29, 0.717) is 24.7 Å². The summed E-state index contributed by atoms with van der Waals surface area (Å²) in [5, 5.41) is 0. The molecule has 0 aromatic carbocycles. The van der Waals surface area contributed by atoms with Gasteiger partial charge in [-0.05, 0) is 12.0 Å². The number of hydrogen-bond donors (Lipinski definition) is 0. The molecule has 92 valence electrons. The largest absolute Gasteiger partial charge is 0.481 e. The summed E-state index contributed by atoms with van der Waals surface area (Å²) in [5.74, 6) is 1.54. The van der Waals surface area contributed by atoms with Crippen molar-refractivity contribution >= 4 is 17.5 Å². The predicted octanol–water partition coefficient (Wildman–Crippen LogP) is 1.68. The number of carbonyl (C=O) groups excluding carboxylic acids is 1. The van der Waals surface area contributed by atoms with Crippen LogP contribution in [0.15, 0.2) is 18.3 Å². The molecule has 2 heterocycles. The van der Waals surface area contributed by atoms with E-state index in [0.717, 1.165) is 12.1 Å². The third kappa shape index (κ3) is 2.69. The zero-order valence-electron chi connectivity index (χ0n) is 9.73. The highest BCUT2D eigenvalue weighted by molar-refractivity contribution is 6.18. The summed E-state index contributed by atoms with van der Waals surface area (Å²) < 4.78 is 5.17. The van der Waals surface area contributed by atoms with Gasteiger partial charge in [-0.3, -0.25) is 4.79 Å². The van der Waals surface area contributed by atoms with Crippen LogP contribution in [0.25, 0.3) is 0 Å². The minimum absolute atomic E-state index is 0.154. The SMILES string of the molecule is COc1ncccc1CN1CC(CCl)CC1=O. The molecular weight excluding hydrogens is 240 g/mol. The molecule has 1 aromatic rings. The zero-order chi connectivity index (χ0) is 12.3. The second-order valence-electron chi connectivity index (χ2n) is 4.17. The number of methoxy groups -OCH3 is 1. The number of hydrogen-bond acceptors (Lipinski definition) is 3. The molecule has 0 radical (unpaired) electrons. The van der Waals surface area contributed by atoms with E-state index in [9.17, 15) is 4.79 Å². The van der Waals surface area contributed by atoms with Crippen molar-refractivity contribution in [2.45, 2.75) is 13.0 Å². The first-order chi connectivity index (χ1) is 8.24. The Kier molecular flexibility index (Phi) is 3.84. The molecule has 1 unspecified atom stereocenters. The second kappa shape index (κ2) is 5.36. The standard InChI is InChI=1S/C12H15ClN2O2/c1-17-12-10(3-2-4-14-12)8-15-7-9(6-13)5-11(15)16/h2-4,9H,5-8H2,1H3. The lowest BCUT2D eigenvalue weighted by Gasteiger charge is -2.17. The first-order valence-electron chi connectivity index (χ1n) is 5.56. The van der Waals surface area contributed by atoms with Gasteiger partial charge in [0.05, 0.1) is 13.7 Å². The molecule has 1 fully saturated rings. The maximum Gasteiger partial charge on any atom is 0.223 e. The fourth-order valence-corrected chi connectivity index (χ4v) is 2.25. The van der Waals surface area contributed by atoms with Gasteiger partial charge in [-0.2, -0.15) is 0 Å². The summed E-state index contributed by atoms with van der Waals surface area (Å²) in [6.07, 6.45) is 2.22. The number of alkyl halides is 1. The summed E-state index contributed by atoms with van der Waals surface area (Å²) in [7, 11) is 1.58. The third-order valence-corrected chi connectivity index (χ3v) is 3.35. The van der Waals surface area contributed by atoms with Gasteiger partial charge in [-0.15, -0.1) is 11.6 Å². The summed E-state index contributed by atoms with van der Waals surface area (Å²) in [5.41, 5.74) is 0.929. The van der Waals surface area contributed by atoms with Gasteiger partial charge >= 0.3 is 0 Å². The maximum absolute atomic E-state index is 11.8. The van der Waals surface area contributed by atoms with Crippen LogP contribution in [0.3, 0.4) is 0 Å². The van der Waals surface area contributed by atoms with Crippen LogP contribution >= 0.6 is 11.6 Å². The molecule has 0 saturated carbocycles. The molecule has 1 saturated heterocycles. The van der Waals surface area contributed by atoms with Gasteiger partial charge < -0.3 is 9.64 Å². The molecule has 1 aliphatic rings. The summed E-state index contributed by atoms with van der Waals surface area (Å²) in [6, 6.07) is 3.77. The zero-order valence-corrected chi connectivity index (χ0v) is 10.5. The van der Waals surface area contributed by atoms with E-state index in [-0.39, 0.29) is 11.8 Å². The van der Waals surface area contributed by atoms with E-state index >= 15 is 0 Å². The number of ether oxygens (including phenoxy) is 1. The summed E-state index contributed by atoms with van der Waals surface area (Å²) >= 11 is 5.78. The number of amides is 1. The maximum atomic E-state index is 11.8. The van der Waals surface area contributed by atoms with Crippen molar-refractivity contribution in [3.05, 3.63) is 23.9 Å². The number of rotatable bonds is 4. The van der Waals surface area contributed by atoms with Gasteiger partial charge in [0.1, 0.15) is 0 Å². The van der Waals surface area contributed by atoms with E-state index in [4.69, 9.17) is 16.3 Å². The smallest absolute Gasteiger partial charge is 0.223 e. The Balaban J connectivity index is 2.08. The highest BCUT2D eigenvalue weighted by Gasteiger charge is 2.29. The Hall–Kier alpha value is -1.29. The van der Waals surface area contributed by atoms with Crippen LogP contribution in [0, 0.1) is 5.92 Å². The molecule has 1 amide bonds. The first-order valence-corrected chi connectivity index (χ1v) is 6.09. The monoisotopic (exact) mass is 254 g/mol. The van der Waals surface area contributed by atoms with Crippen LogP contribution in [0.2, 0.25) is 0 Å². The molecule has 5 heteroatoms. The fourth-order valence-electron chi connectivity index (χ4n) is 2.04. The summed E-state index contributed by atoms with van der Waals surface area (Å²) in [6.45, 7) is 1.27. The number of pyridine rings is 1. The molecule has 0 spiro atoms. The molecule has 1 aromatic heterocycles. The lowest BCUT2D eigenvalue weighted by molar-refractivity contribution is -0.128. The minimum atomic E-state index is 0.154. The highest BCUT2D eigenvalue weighted by Crippen LogP contribution is 2.23. The first kappa shape index (κ1) is 12.2. The fraction of sp³-hybridized carbons (Fsp3) is 0.500. The van der Waals surface area contributed by atoms with Crippen molar-refractivity contribution in [3.8, 4) is 5.88 Å². The van der Waals surface area contributed by atoms with Gasteiger partial charge in [0, 0.05) is 30.6 Å². The highest BCUT2D eigenvalue weighted by atomic mass is 35.5. The lowest BCUT2D eigenvalue weighted by atomic mass is 10.1. The van der Waals surface area contributed by atoms with Crippen LogP contribution in [0.4, 0.5) is 0 Å². The second-order valence-corrected chi connectivity index (χ2v) is 4.48. The minimum Gasteiger partial charge on any atom is -0.481 e. The van der Waals surface area contributed by atoms with Crippen LogP contribution in [0.1, 0.15) is 12.0 Å². The van der Waals surface area contributed by atoms with Gasteiger partial charge in [-0.25, -0.2) is 4.98 Å². The van der Waals surface area contributed by atoms with Crippen molar-refractivity contribution in [1.82, 2.24) is 9.88 Å². The molecule has 1 atom stereocenters. The van der Waals surface area contributed by atoms with Gasteiger partial charge in [0.25, 0.3) is 0 Å². The van der Waals surface area contributed by atoms with Crippen molar-refractivity contribution in [3.63, 3.8) is 0 Å². The average molecular weight is 255 g/mol. The lowest BCUT2D eigenvalue weighted by Crippen LogP contribution is -2.25. The van der Waals surface area contributed by atoms with E-state index < -0.39 is 0 Å². The predicted molar refractivity (Wildman–Crippen MR) is 65.0 cm³/mol. The van der Waals surface area contributed by atoms with Gasteiger partial charge in [-0.1, -0.05) is 6.07 Å². The van der Waals surface area contributed by atoms with E-state index in [1.54, 1.807) is 13.3 Å². The molecule has 1 aliphatic heterocycles. The van der Waals surface area contributed by atoms with Crippen molar-refractivity contribution in [1.29, 1.82) is 0 Å². The van der Waals surface area contributed by atoms with E-state index in [1.807, 2.05) is 17.0 Å². The molecule has 0 bridgehead atoms. The molecule has 0 N–H and O–H groups in total. The Labute approximate surface area is 106 Å².